The molecule has 1 saturated heterocycles. The van der Waals surface area contributed by atoms with Gasteiger partial charge < -0.3 is 19.7 Å². The molecule has 206 valence electrons. The van der Waals surface area contributed by atoms with Crippen molar-refractivity contribution < 1.29 is 23.9 Å². The molecule has 4 heterocycles. The van der Waals surface area contributed by atoms with Crippen LogP contribution in [0.4, 0.5) is 11.4 Å². The first-order valence-electron chi connectivity index (χ1n) is 14.0. The van der Waals surface area contributed by atoms with E-state index in [1.807, 2.05) is 84.6 Å². The zero-order chi connectivity index (χ0) is 28.6. The molecular formula is C35H26N2O5. The van der Waals surface area contributed by atoms with Gasteiger partial charge in [0.25, 0.3) is 0 Å². The Morgan fingerprint density at radius 3 is 2.50 bits per heavy atom. The average molecular weight is 555 g/mol. The summed E-state index contributed by atoms with van der Waals surface area (Å²) in [5.74, 6) is -0.827. The minimum atomic E-state index is -1.36. The van der Waals surface area contributed by atoms with Crippen LogP contribution in [0.5, 0.6) is 11.5 Å². The molecule has 0 unspecified atom stereocenters. The van der Waals surface area contributed by atoms with Crippen LogP contribution in [0.1, 0.15) is 37.4 Å². The Labute approximate surface area is 242 Å². The molecule has 0 aromatic heterocycles. The van der Waals surface area contributed by atoms with Gasteiger partial charge in [0.15, 0.2) is 23.1 Å². The second-order valence-electron chi connectivity index (χ2n) is 11.2. The number of carbonyl (C=O) groups is 3. The molecule has 0 saturated carbocycles. The predicted molar refractivity (Wildman–Crippen MR) is 158 cm³/mol. The fourth-order valence-electron chi connectivity index (χ4n) is 7.28. The molecule has 4 aromatic rings. The molecule has 0 radical (unpaired) electrons. The van der Waals surface area contributed by atoms with Crippen LogP contribution in [-0.2, 0) is 10.2 Å². The van der Waals surface area contributed by atoms with E-state index in [0.717, 1.165) is 16.8 Å². The number of ether oxygens (including phenoxy) is 2. The molecule has 1 fully saturated rings. The molecule has 7 heteroatoms. The SMILES string of the molecule is Cc1ccc2c(c1)N1[C@H](C(=O)c3ccccc3)[C@H](C(=O)c3ccc4c(c3)OCO4)[C@@]3(C(=O)Nc4ccccc43)[C@@H]1C=C2. The summed E-state index contributed by atoms with van der Waals surface area (Å²) in [6.07, 6.45) is 3.99. The molecular weight excluding hydrogens is 528 g/mol. The summed E-state index contributed by atoms with van der Waals surface area (Å²) in [6.45, 7) is 2.07. The molecule has 4 aliphatic heterocycles. The van der Waals surface area contributed by atoms with Gasteiger partial charge in [-0.15, -0.1) is 0 Å². The number of ketones is 2. The molecule has 7 nitrogen and oxygen atoms in total. The highest BCUT2D eigenvalue weighted by Crippen LogP contribution is 2.58. The summed E-state index contributed by atoms with van der Waals surface area (Å²) < 4.78 is 11.1. The quantitative estimate of drug-likeness (QED) is 0.332. The highest BCUT2D eigenvalue weighted by atomic mass is 16.7. The first kappa shape index (κ1) is 24.6. The Kier molecular flexibility index (Phi) is 5.22. The molecule has 1 amide bonds. The van der Waals surface area contributed by atoms with Gasteiger partial charge in [-0.1, -0.05) is 72.8 Å². The number of amides is 1. The Morgan fingerprint density at radius 1 is 0.857 bits per heavy atom. The molecule has 4 aromatic carbocycles. The van der Waals surface area contributed by atoms with Crippen molar-refractivity contribution in [2.75, 3.05) is 17.0 Å². The van der Waals surface area contributed by atoms with Gasteiger partial charge in [-0.3, -0.25) is 14.4 Å². The number of benzene rings is 4. The Balaban J connectivity index is 1.42. The van der Waals surface area contributed by atoms with Crippen molar-refractivity contribution in [1.29, 1.82) is 0 Å². The van der Waals surface area contributed by atoms with E-state index in [1.165, 1.54) is 0 Å². The minimum absolute atomic E-state index is 0.0715. The van der Waals surface area contributed by atoms with E-state index in [9.17, 15) is 14.4 Å². The van der Waals surface area contributed by atoms with Crippen molar-refractivity contribution in [3.63, 3.8) is 0 Å². The number of nitrogens with one attached hydrogen (secondary N) is 1. The van der Waals surface area contributed by atoms with E-state index in [2.05, 4.69) is 5.32 Å². The Hall–Kier alpha value is -5.17. The van der Waals surface area contributed by atoms with Crippen LogP contribution in [-0.4, -0.2) is 36.4 Å². The molecule has 4 atom stereocenters. The normalized spacial score (nSPS) is 24.3. The van der Waals surface area contributed by atoms with Gasteiger partial charge in [-0.05, 0) is 53.9 Å². The van der Waals surface area contributed by atoms with Gasteiger partial charge in [0.05, 0.1) is 12.0 Å². The average Bonchev–Trinajstić information content (AvgIpc) is 3.70. The first-order valence-corrected chi connectivity index (χ1v) is 14.0. The lowest BCUT2D eigenvalue weighted by Crippen LogP contribution is -2.51. The smallest absolute Gasteiger partial charge is 0.238 e. The summed E-state index contributed by atoms with van der Waals surface area (Å²) in [4.78, 5) is 46.1. The van der Waals surface area contributed by atoms with Crippen LogP contribution in [0, 0.1) is 12.8 Å². The maximum absolute atomic E-state index is 15.0. The summed E-state index contributed by atoms with van der Waals surface area (Å²) in [7, 11) is 0. The van der Waals surface area contributed by atoms with Gasteiger partial charge in [0.1, 0.15) is 11.5 Å². The van der Waals surface area contributed by atoms with Crippen molar-refractivity contribution in [3.8, 4) is 11.5 Å². The lowest BCUT2D eigenvalue weighted by atomic mass is 9.64. The number of para-hydroxylation sites is 1. The van der Waals surface area contributed by atoms with Crippen LogP contribution in [0.15, 0.2) is 97.1 Å². The number of anilines is 2. The van der Waals surface area contributed by atoms with E-state index in [-0.39, 0.29) is 24.3 Å². The maximum atomic E-state index is 15.0. The maximum Gasteiger partial charge on any atom is 0.238 e. The van der Waals surface area contributed by atoms with Gasteiger partial charge in [0, 0.05) is 22.5 Å². The van der Waals surface area contributed by atoms with E-state index in [0.29, 0.717) is 33.9 Å². The molecule has 1 spiro atoms. The Morgan fingerprint density at radius 2 is 1.64 bits per heavy atom. The zero-order valence-corrected chi connectivity index (χ0v) is 22.7. The number of aryl methyl sites for hydroxylation is 1. The topological polar surface area (TPSA) is 84.9 Å². The molecule has 1 N–H and O–H groups in total. The summed E-state index contributed by atoms with van der Waals surface area (Å²) >= 11 is 0. The van der Waals surface area contributed by atoms with E-state index >= 15 is 0 Å². The van der Waals surface area contributed by atoms with Crippen molar-refractivity contribution in [2.24, 2.45) is 5.92 Å². The largest absolute Gasteiger partial charge is 0.454 e. The molecule has 8 rings (SSSR count). The third-order valence-corrected chi connectivity index (χ3v) is 9.06. The number of fused-ring (bicyclic) bond motifs is 7. The van der Waals surface area contributed by atoms with Gasteiger partial charge in [-0.2, -0.15) is 0 Å². The summed E-state index contributed by atoms with van der Waals surface area (Å²) in [6, 6.07) is 26.1. The fraction of sp³-hybridized carbons (Fsp3) is 0.171. The number of carbonyl (C=O) groups excluding carboxylic acids is 3. The molecule has 0 bridgehead atoms. The van der Waals surface area contributed by atoms with Crippen molar-refractivity contribution >= 4 is 34.9 Å². The third kappa shape index (κ3) is 3.25. The number of hydrogen-bond acceptors (Lipinski definition) is 6. The number of hydrogen-bond donors (Lipinski definition) is 1. The van der Waals surface area contributed by atoms with Crippen molar-refractivity contribution in [2.45, 2.75) is 24.4 Å². The molecule has 42 heavy (non-hydrogen) atoms. The van der Waals surface area contributed by atoms with Crippen molar-refractivity contribution in [3.05, 3.63) is 125 Å². The van der Waals surface area contributed by atoms with E-state index < -0.39 is 23.4 Å². The van der Waals surface area contributed by atoms with Crippen LogP contribution >= 0.6 is 0 Å². The second-order valence-corrected chi connectivity index (χ2v) is 11.2. The first-order chi connectivity index (χ1) is 20.5. The predicted octanol–water partition coefficient (Wildman–Crippen LogP) is 5.58. The second kappa shape index (κ2) is 8.91. The summed E-state index contributed by atoms with van der Waals surface area (Å²) in [5.41, 5.74) is 3.63. The van der Waals surface area contributed by atoms with Crippen LogP contribution in [0.25, 0.3) is 6.08 Å². The monoisotopic (exact) mass is 554 g/mol. The molecule has 4 aliphatic rings. The van der Waals surface area contributed by atoms with Crippen LogP contribution in [0.2, 0.25) is 0 Å². The van der Waals surface area contributed by atoms with Gasteiger partial charge in [-0.25, -0.2) is 0 Å². The fourth-order valence-corrected chi connectivity index (χ4v) is 7.28. The van der Waals surface area contributed by atoms with E-state index in [4.69, 9.17) is 9.47 Å². The van der Waals surface area contributed by atoms with Crippen LogP contribution in [0.3, 0.4) is 0 Å². The van der Waals surface area contributed by atoms with Gasteiger partial charge in [0.2, 0.25) is 12.7 Å². The molecule has 0 aliphatic carbocycles. The lowest BCUT2D eigenvalue weighted by molar-refractivity contribution is -0.121. The standard InChI is InChI=1S/C35H26N2O5/c1-20-11-12-21-14-16-29-35(24-9-5-6-10-25(24)36-34(35)40)30(32(38)23-13-15-27-28(18-23)42-19-41-27)31(37(29)26(21)17-20)33(39)22-7-3-2-4-8-22/h2-18,29-31H,19H2,1H3,(H,36,40)/t29-,30+,31-,35-/m0/s1. The summed E-state index contributed by atoms with van der Waals surface area (Å²) in [5, 5.41) is 3.07. The van der Waals surface area contributed by atoms with E-state index in [1.54, 1.807) is 30.3 Å². The van der Waals surface area contributed by atoms with Gasteiger partial charge >= 0.3 is 0 Å². The lowest BCUT2D eigenvalue weighted by Gasteiger charge is -2.37. The number of rotatable bonds is 4. The number of Topliss-reactive ketones (excluding diaryl/α,β-unsaturated/α-hetero) is 2. The number of nitrogens with zero attached hydrogens (tertiary/aromatic N) is 1. The minimum Gasteiger partial charge on any atom is -0.454 e. The highest BCUT2D eigenvalue weighted by Gasteiger charge is 2.70. The third-order valence-electron chi connectivity index (χ3n) is 9.06. The Bertz CT molecular complexity index is 1850. The van der Waals surface area contributed by atoms with Crippen LogP contribution < -0.4 is 19.7 Å². The van der Waals surface area contributed by atoms with Crippen molar-refractivity contribution in [1.82, 2.24) is 0 Å². The zero-order valence-electron chi connectivity index (χ0n) is 22.7. The highest BCUT2D eigenvalue weighted by molar-refractivity contribution is 6.18.